The van der Waals surface area contributed by atoms with Crippen LogP contribution in [0.25, 0.3) is 0 Å². The van der Waals surface area contributed by atoms with E-state index in [1.165, 1.54) is 6.26 Å². The molecule has 0 aliphatic carbocycles. The lowest BCUT2D eigenvalue weighted by Crippen LogP contribution is -2.42. The van der Waals surface area contributed by atoms with Gasteiger partial charge < -0.3 is 24.7 Å². The molecular weight excluding hydrogens is 431 g/mol. The van der Waals surface area contributed by atoms with E-state index in [0.29, 0.717) is 11.4 Å². The lowest BCUT2D eigenvalue weighted by molar-refractivity contribution is -0.162. The fourth-order valence-electron chi connectivity index (χ4n) is 3.26. The number of piperidine rings is 1. The highest BCUT2D eigenvalue weighted by Gasteiger charge is 2.33. The standard InChI is InChI=1S/C21H22F3N3O5/c22-21(23,24)13-32-20(30)27-9-7-14(8-10-27)18(28)26-17-6-2-1-5-16(17)19(29)25-12-15-4-3-11-31-15/h1-6,11,14H,7-10,12-13H2,(H,25,29)(H,26,28). The zero-order chi connectivity index (χ0) is 23.1. The normalized spacial score (nSPS) is 14.7. The minimum Gasteiger partial charge on any atom is -0.467 e. The molecule has 1 aliphatic rings. The third kappa shape index (κ3) is 6.50. The molecular formula is C21H22F3N3O5. The average Bonchev–Trinajstić information content (AvgIpc) is 3.29. The van der Waals surface area contributed by atoms with Crippen LogP contribution in [-0.2, 0) is 16.1 Å². The quantitative estimate of drug-likeness (QED) is 0.697. The van der Waals surface area contributed by atoms with Gasteiger partial charge >= 0.3 is 12.3 Å². The van der Waals surface area contributed by atoms with Gasteiger partial charge in [-0.2, -0.15) is 13.2 Å². The van der Waals surface area contributed by atoms with Crippen LogP contribution in [0.5, 0.6) is 0 Å². The summed E-state index contributed by atoms with van der Waals surface area (Å²) in [7, 11) is 0. The highest BCUT2D eigenvalue weighted by atomic mass is 19.4. The molecule has 172 valence electrons. The van der Waals surface area contributed by atoms with Gasteiger partial charge in [-0.25, -0.2) is 4.79 Å². The van der Waals surface area contributed by atoms with Crippen LogP contribution < -0.4 is 10.6 Å². The first-order valence-electron chi connectivity index (χ1n) is 9.92. The summed E-state index contributed by atoms with van der Waals surface area (Å²) in [5.41, 5.74) is 0.613. The van der Waals surface area contributed by atoms with Crippen molar-refractivity contribution in [2.24, 2.45) is 5.92 Å². The molecule has 1 aliphatic heterocycles. The highest BCUT2D eigenvalue weighted by Crippen LogP contribution is 2.23. The van der Waals surface area contributed by atoms with Crippen molar-refractivity contribution in [1.29, 1.82) is 0 Å². The number of alkyl halides is 3. The van der Waals surface area contributed by atoms with Gasteiger partial charge in [0.2, 0.25) is 5.91 Å². The van der Waals surface area contributed by atoms with E-state index >= 15 is 0 Å². The van der Waals surface area contributed by atoms with E-state index in [0.717, 1.165) is 4.90 Å². The van der Waals surface area contributed by atoms with Crippen molar-refractivity contribution in [2.75, 3.05) is 25.0 Å². The molecule has 2 heterocycles. The fraction of sp³-hybridized carbons (Fsp3) is 0.381. The first-order chi connectivity index (χ1) is 15.2. The number of para-hydroxylation sites is 1. The maximum absolute atomic E-state index is 12.7. The third-order valence-corrected chi connectivity index (χ3v) is 4.92. The number of anilines is 1. The first kappa shape index (κ1) is 23.2. The molecule has 1 fully saturated rings. The molecule has 0 unspecified atom stereocenters. The Hall–Kier alpha value is -3.50. The molecule has 2 N–H and O–H groups in total. The molecule has 0 bridgehead atoms. The molecule has 0 spiro atoms. The van der Waals surface area contributed by atoms with Gasteiger partial charge in [-0.15, -0.1) is 0 Å². The number of benzene rings is 1. The summed E-state index contributed by atoms with van der Waals surface area (Å²) in [6, 6.07) is 9.95. The van der Waals surface area contributed by atoms with Crippen LogP contribution in [0.3, 0.4) is 0 Å². The zero-order valence-corrected chi connectivity index (χ0v) is 17.0. The molecule has 1 aromatic carbocycles. The van der Waals surface area contributed by atoms with Crippen molar-refractivity contribution in [1.82, 2.24) is 10.2 Å². The van der Waals surface area contributed by atoms with Gasteiger partial charge in [-0.05, 0) is 37.1 Å². The molecule has 32 heavy (non-hydrogen) atoms. The Labute approximate surface area is 181 Å². The molecule has 3 rings (SSSR count). The summed E-state index contributed by atoms with van der Waals surface area (Å²) in [5, 5.41) is 5.45. The van der Waals surface area contributed by atoms with Crippen LogP contribution in [0.1, 0.15) is 29.0 Å². The van der Waals surface area contributed by atoms with Crippen molar-refractivity contribution in [3.05, 3.63) is 54.0 Å². The van der Waals surface area contributed by atoms with Crippen molar-refractivity contribution >= 4 is 23.6 Å². The number of carbonyl (C=O) groups is 3. The van der Waals surface area contributed by atoms with Crippen molar-refractivity contribution in [2.45, 2.75) is 25.6 Å². The summed E-state index contributed by atoms with van der Waals surface area (Å²) in [6.07, 6.45) is -3.62. The second kappa shape index (κ2) is 10.2. The Morgan fingerprint density at radius 1 is 1.09 bits per heavy atom. The van der Waals surface area contributed by atoms with E-state index in [9.17, 15) is 27.6 Å². The summed E-state index contributed by atoms with van der Waals surface area (Å²) < 4.78 is 46.0. The Morgan fingerprint density at radius 3 is 2.47 bits per heavy atom. The predicted molar refractivity (Wildman–Crippen MR) is 107 cm³/mol. The molecule has 11 heteroatoms. The van der Waals surface area contributed by atoms with Crippen LogP contribution in [0.15, 0.2) is 47.1 Å². The van der Waals surface area contributed by atoms with E-state index in [1.54, 1.807) is 36.4 Å². The largest absolute Gasteiger partial charge is 0.467 e. The van der Waals surface area contributed by atoms with E-state index < -0.39 is 24.8 Å². The Bertz CT molecular complexity index is 938. The number of carbonyl (C=O) groups excluding carboxylic acids is 3. The molecule has 2 aromatic rings. The monoisotopic (exact) mass is 453 g/mol. The van der Waals surface area contributed by atoms with Crippen LogP contribution >= 0.6 is 0 Å². The summed E-state index contributed by atoms with van der Waals surface area (Å²) >= 11 is 0. The van der Waals surface area contributed by atoms with Gasteiger partial charge in [0.15, 0.2) is 6.61 Å². The topological polar surface area (TPSA) is 101 Å². The number of hydrogen-bond acceptors (Lipinski definition) is 5. The second-order valence-electron chi connectivity index (χ2n) is 7.23. The lowest BCUT2D eigenvalue weighted by Gasteiger charge is -2.30. The molecule has 0 radical (unpaired) electrons. The number of ether oxygens (including phenoxy) is 1. The van der Waals surface area contributed by atoms with Crippen LogP contribution in [0.2, 0.25) is 0 Å². The number of halogens is 3. The number of nitrogens with zero attached hydrogens (tertiary/aromatic N) is 1. The Morgan fingerprint density at radius 2 is 1.81 bits per heavy atom. The van der Waals surface area contributed by atoms with Crippen LogP contribution in [0, 0.1) is 5.92 Å². The minimum absolute atomic E-state index is 0.0973. The van der Waals surface area contributed by atoms with Gasteiger partial charge in [0, 0.05) is 19.0 Å². The van der Waals surface area contributed by atoms with E-state index in [2.05, 4.69) is 15.4 Å². The number of nitrogens with one attached hydrogen (secondary N) is 2. The smallest absolute Gasteiger partial charge is 0.422 e. The molecule has 8 nitrogen and oxygen atoms in total. The Balaban J connectivity index is 1.52. The lowest BCUT2D eigenvalue weighted by atomic mass is 9.96. The van der Waals surface area contributed by atoms with E-state index in [4.69, 9.17) is 4.42 Å². The number of hydrogen-bond donors (Lipinski definition) is 2. The highest BCUT2D eigenvalue weighted by molar-refractivity contribution is 6.04. The number of amides is 3. The van der Waals surface area contributed by atoms with E-state index in [-0.39, 0.29) is 49.9 Å². The van der Waals surface area contributed by atoms with Crippen LogP contribution in [0.4, 0.5) is 23.7 Å². The van der Waals surface area contributed by atoms with E-state index in [1.807, 2.05) is 0 Å². The van der Waals surface area contributed by atoms with Gasteiger partial charge in [0.25, 0.3) is 5.91 Å². The minimum atomic E-state index is -4.59. The number of rotatable bonds is 6. The number of furan rings is 1. The summed E-state index contributed by atoms with van der Waals surface area (Å²) in [4.78, 5) is 38.1. The maximum atomic E-state index is 12.7. The Kier molecular flexibility index (Phi) is 7.39. The summed E-state index contributed by atoms with van der Waals surface area (Å²) in [6.45, 7) is -1.26. The predicted octanol–water partition coefficient (Wildman–Crippen LogP) is 3.56. The molecule has 3 amide bonds. The average molecular weight is 453 g/mol. The SMILES string of the molecule is O=C(NCc1ccco1)c1ccccc1NC(=O)C1CCN(C(=O)OCC(F)(F)F)CC1. The molecule has 0 saturated carbocycles. The second-order valence-corrected chi connectivity index (χ2v) is 7.23. The molecule has 0 atom stereocenters. The van der Waals surface area contributed by atoms with Gasteiger partial charge in [0.05, 0.1) is 24.1 Å². The van der Waals surface area contributed by atoms with Crippen LogP contribution in [-0.4, -0.2) is 48.7 Å². The number of likely N-dealkylation sites (tertiary alicyclic amines) is 1. The van der Waals surface area contributed by atoms with Crippen molar-refractivity contribution < 1.29 is 36.7 Å². The van der Waals surface area contributed by atoms with Crippen molar-refractivity contribution in [3.63, 3.8) is 0 Å². The molecule has 1 aromatic heterocycles. The first-order valence-corrected chi connectivity index (χ1v) is 9.92. The molecule has 1 saturated heterocycles. The third-order valence-electron chi connectivity index (χ3n) is 4.92. The van der Waals surface area contributed by atoms with Crippen molar-refractivity contribution in [3.8, 4) is 0 Å². The van der Waals surface area contributed by atoms with Gasteiger partial charge in [-0.1, -0.05) is 12.1 Å². The zero-order valence-electron chi connectivity index (χ0n) is 17.0. The van der Waals surface area contributed by atoms with Gasteiger partial charge in [-0.3, -0.25) is 9.59 Å². The maximum Gasteiger partial charge on any atom is 0.422 e. The summed E-state index contributed by atoms with van der Waals surface area (Å²) in [5.74, 6) is -0.597. The fourth-order valence-corrected chi connectivity index (χ4v) is 3.26. The van der Waals surface area contributed by atoms with Gasteiger partial charge in [0.1, 0.15) is 5.76 Å².